The van der Waals surface area contributed by atoms with E-state index in [-0.39, 0.29) is 6.16 Å². The largest absolute Gasteiger partial charge is 0.480 e. The number of fused-ring (bicyclic) bond motifs is 1. The van der Waals surface area contributed by atoms with Crippen molar-refractivity contribution in [2.24, 2.45) is 0 Å². The van der Waals surface area contributed by atoms with Crippen molar-refractivity contribution in [2.75, 3.05) is 0 Å². The van der Waals surface area contributed by atoms with E-state index in [1.54, 1.807) is 42.6 Å². The van der Waals surface area contributed by atoms with E-state index in [1.807, 2.05) is 18.2 Å². The molecule has 1 heterocycles. The second-order valence-corrected chi connectivity index (χ2v) is 8.08. The summed E-state index contributed by atoms with van der Waals surface area (Å²) in [5.41, 5.74) is 0.131. The van der Waals surface area contributed by atoms with Gasteiger partial charge in [0.15, 0.2) is 0 Å². The molecule has 0 saturated heterocycles. The molecule has 0 aliphatic heterocycles. The average molecular weight is 358 g/mol. The predicted molar refractivity (Wildman–Crippen MR) is 96.4 cm³/mol. The minimum atomic E-state index is -3.95. The molecule has 0 amide bonds. The van der Waals surface area contributed by atoms with Crippen molar-refractivity contribution >= 4 is 24.4 Å². The molecule has 0 aliphatic carbocycles. The monoisotopic (exact) mass is 358 g/mol. The number of nitrogens with one attached hydrogen (secondary N) is 2. The first-order valence-electron chi connectivity index (χ1n) is 7.77. The highest BCUT2D eigenvalue weighted by atomic mass is 31.2. The molecule has 25 heavy (non-hydrogen) atoms. The molecule has 0 bridgehead atoms. The minimum Gasteiger partial charge on any atom is -0.480 e. The van der Waals surface area contributed by atoms with Crippen LogP contribution >= 0.6 is 7.52 Å². The lowest BCUT2D eigenvalue weighted by Crippen LogP contribution is -2.45. The summed E-state index contributed by atoms with van der Waals surface area (Å²) in [6.45, 7) is 1.40. The Morgan fingerprint density at radius 3 is 2.48 bits per heavy atom. The Bertz CT molecular complexity index is 954. The maximum absolute atomic E-state index is 12.7. The van der Waals surface area contributed by atoms with Crippen LogP contribution in [0.15, 0.2) is 60.8 Å². The molecule has 3 aromatic rings. The fourth-order valence-corrected chi connectivity index (χ4v) is 4.63. The molecule has 0 spiro atoms. The summed E-state index contributed by atoms with van der Waals surface area (Å²) in [7, 11) is -3.95. The Morgan fingerprint density at radius 2 is 1.80 bits per heavy atom. The van der Waals surface area contributed by atoms with Gasteiger partial charge in [0.2, 0.25) is 0 Å². The summed E-state index contributed by atoms with van der Waals surface area (Å²) >= 11 is 0. The number of benzene rings is 2. The molecule has 0 fully saturated rings. The molecule has 3 rings (SSSR count). The fraction of sp³-hybridized carbons (Fsp3) is 0.167. The lowest BCUT2D eigenvalue weighted by molar-refractivity contribution is -0.143. The number of hydrogen-bond donors (Lipinski definition) is 4. The Labute approximate surface area is 145 Å². The quantitative estimate of drug-likeness (QED) is 0.506. The van der Waals surface area contributed by atoms with Gasteiger partial charge >= 0.3 is 5.97 Å². The van der Waals surface area contributed by atoms with Crippen molar-refractivity contribution < 1.29 is 19.4 Å². The summed E-state index contributed by atoms with van der Waals surface area (Å²) in [6, 6.07) is 16.0. The van der Waals surface area contributed by atoms with Crippen LogP contribution < -0.4 is 5.09 Å². The van der Waals surface area contributed by atoms with Gasteiger partial charge in [0, 0.05) is 22.7 Å². The number of H-pyrrole nitrogens is 1. The lowest BCUT2D eigenvalue weighted by Gasteiger charge is -2.29. The number of hydrogen-bond acceptors (Lipinski definition) is 2. The van der Waals surface area contributed by atoms with Crippen LogP contribution in [0.3, 0.4) is 0 Å². The van der Waals surface area contributed by atoms with Gasteiger partial charge in [0.25, 0.3) is 7.52 Å². The summed E-state index contributed by atoms with van der Waals surface area (Å²) in [4.78, 5) is 25.4. The van der Waals surface area contributed by atoms with E-state index >= 15 is 0 Å². The van der Waals surface area contributed by atoms with Crippen molar-refractivity contribution in [2.45, 2.75) is 18.6 Å². The highest BCUT2D eigenvalue weighted by molar-refractivity contribution is 7.55. The van der Waals surface area contributed by atoms with E-state index < -0.39 is 19.0 Å². The molecule has 0 saturated carbocycles. The fourth-order valence-electron chi connectivity index (χ4n) is 2.93. The standard InChI is InChI=1S/C18H19N2O4P/c1-18(17(21)22,15-11-19-16-10-6-5-9-14(15)16)20-25(23,24)12-13-7-3-2-4-8-13/h2-11,19H,12H2,1H3,(H,21,22)(H2,20,23,24). The summed E-state index contributed by atoms with van der Waals surface area (Å²) < 4.78 is 12.7. The first kappa shape index (κ1) is 17.4. The van der Waals surface area contributed by atoms with Gasteiger partial charge in [-0.2, -0.15) is 0 Å². The molecule has 6 nitrogen and oxygen atoms in total. The van der Waals surface area contributed by atoms with Crippen LogP contribution in [-0.4, -0.2) is 21.0 Å². The molecule has 4 N–H and O–H groups in total. The molecular formula is C18H19N2O4P. The van der Waals surface area contributed by atoms with E-state index in [1.165, 1.54) is 6.92 Å². The van der Waals surface area contributed by atoms with Crippen molar-refractivity contribution in [1.29, 1.82) is 0 Å². The Morgan fingerprint density at radius 1 is 1.16 bits per heavy atom. The summed E-state index contributed by atoms with van der Waals surface area (Å²) in [6.07, 6.45) is 1.41. The van der Waals surface area contributed by atoms with Gasteiger partial charge in [-0.25, -0.2) is 9.88 Å². The highest BCUT2D eigenvalue weighted by Crippen LogP contribution is 2.45. The smallest absolute Gasteiger partial charge is 0.328 e. The normalized spacial score (nSPS) is 16.2. The van der Waals surface area contributed by atoms with Gasteiger partial charge in [-0.15, -0.1) is 0 Å². The van der Waals surface area contributed by atoms with Gasteiger partial charge in [0.05, 0.1) is 6.16 Å². The number of carbonyl (C=O) groups is 1. The predicted octanol–water partition coefficient (Wildman–Crippen LogP) is 3.44. The third kappa shape index (κ3) is 3.51. The molecule has 130 valence electrons. The second-order valence-electron chi connectivity index (χ2n) is 6.14. The van der Waals surface area contributed by atoms with Crippen LogP contribution in [0, 0.1) is 0 Å². The van der Waals surface area contributed by atoms with Gasteiger partial charge < -0.3 is 15.0 Å². The number of aromatic nitrogens is 1. The average Bonchev–Trinajstić information content (AvgIpc) is 2.99. The topological polar surface area (TPSA) is 102 Å². The van der Waals surface area contributed by atoms with E-state index in [4.69, 9.17) is 0 Å². The molecular weight excluding hydrogens is 339 g/mol. The summed E-state index contributed by atoms with van der Waals surface area (Å²) in [5.74, 6) is -1.22. The van der Waals surface area contributed by atoms with E-state index in [0.717, 1.165) is 5.52 Å². The number of aliphatic carboxylic acids is 1. The van der Waals surface area contributed by atoms with Crippen LogP contribution in [0.25, 0.3) is 10.9 Å². The number of carboxylic acid groups (broad SMARTS) is 1. The Balaban J connectivity index is 1.98. The zero-order chi connectivity index (χ0) is 18.1. The van der Waals surface area contributed by atoms with E-state index in [0.29, 0.717) is 16.5 Å². The van der Waals surface area contributed by atoms with Gasteiger partial charge in [-0.1, -0.05) is 48.5 Å². The van der Waals surface area contributed by atoms with Crippen LogP contribution in [0.1, 0.15) is 18.1 Å². The first-order valence-corrected chi connectivity index (χ1v) is 9.61. The zero-order valence-corrected chi connectivity index (χ0v) is 14.5. The second kappa shape index (κ2) is 6.48. The van der Waals surface area contributed by atoms with E-state index in [2.05, 4.69) is 10.1 Å². The minimum absolute atomic E-state index is 0.154. The van der Waals surface area contributed by atoms with Crippen LogP contribution in [0.4, 0.5) is 0 Å². The molecule has 1 aromatic heterocycles. The summed E-state index contributed by atoms with van der Waals surface area (Å²) in [5, 5.41) is 13.0. The molecule has 2 aromatic carbocycles. The van der Waals surface area contributed by atoms with Crippen LogP contribution in [0.5, 0.6) is 0 Å². The van der Waals surface area contributed by atoms with Crippen LogP contribution in [0.2, 0.25) is 0 Å². The Hall–Kier alpha value is -2.40. The third-order valence-electron chi connectivity index (χ3n) is 4.19. The van der Waals surface area contributed by atoms with Crippen molar-refractivity contribution in [3.63, 3.8) is 0 Å². The van der Waals surface area contributed by atoms with Crippen molar-refractivity contribution in [1.82, 2.24) is 10.1 Å². The molecule has 7 heteroatoms. The maximum Gasteiger partial charge on any atom is 0.328 e. The highest BCUT2D eigenvalue weighted by Gasteiger charge is 2.42. The molecule has 0 radical (unpaired) electrons. The molecule has 2 unspecified atom stereocenters. The maximum atomic E-state index is 12.7. The zero-order valence-electron chi connectivity index (χ0n) is 13.6. The number of rotatable bonds is 6. The number of aromatic amines is 1. The molecule has 2 atom stereocenters. The van der Waals surface area contributed by atoms with Gasteiger partial charge in [-0.3, -0.25) is 4.57 Å². The SMILES string of the molecule is CC(NP(=O)(O)Cc1ccccc1)(C(=O)O)c1c[nH]c2ccccc12. The van der Waals surface area contributed by atoms with Gasteiger partial charge in [-0.05, 0) is 18.6 Å². The number of carboxylic acids is 1. The number of para-hydroxylation sites is 1. The lowest BCUT2D eigenvalue weighted by atomic mass is 9.93. The molecule has 0 aliphatic rings. The first-order chi connectivity index (χ1) is 11.8. The van der Waals surface area contributed by atoms with Gasteiger partial charge in [0.1, 0.15) is 5.54 Å². The Kier molecular flexibility index (Phi) is 4.52. The third-order valence-corrected chi connectivity index (χ3v) is 5.78. The van der Waals surface area contributed by atoms with Crippen molar-refractivity contribution in [3.8, 4) is 0 Å². The van der Waals surface area contributed by atoms with E-state index in [9.17, 15) is 19.4 Å². The van der Waals surface area contributed by atoms with Crippen LogP contribution in [-0.2, 0) is 21.1 Å². The van der Waals surface area contributed by atoms with Crippen molar-refractivity contribution in [3.05, 3.63) is 71.9 Å².